The monoisotopic (exact) mass is 356 g/mol. The number of urea groups is 1. The third-order valence-electron chi connectivity index (χ3n) is 4.25. The van der Waals surface area contributed by atoms with Crippen molar-refractivity contribution in [2.45, 2.75) is 26.8 Å². The van der Waals surface area contributed by atoms with Crippen molar-refractivity contribution in [2.75, 3.05) is 31.6 Å². The van der Waals surface area contributed by atoms with E-state index in [2.05, 4.69) is 34.4 Å². The number of nitrogens with one attached hydrogen (secondary N) is 2. The molecule has 2 N–H and O–H groups in total. The van der Waals surface area contributed by atoms with Crippen LogP contribution in [0.25, 0.3) is 0 Å². The number of rotatable bonds is 9. The van der Waals surface area contributed by atoms with E-state index in [0.29, 0.717) is 18.0 Å². The molecule has 1 aromatic carbocycles. The number of aromatic nitrogens is 1. The van der Waals surface area contributed by atoms with Crippen molar-refractivity contribution in [2.24, 2.45) is 0 Å². The molecule has 140 valence electrons. The minimum absolute atomic E-state index is 0.117. The van der Waals surface area contributed by atoms with Gasteiger partial charge < -0.3 is 20.3 Å². The minimum atomic E-state index is -0.269. The first kappa shape index (κ1) is 19.7. The molecular weight excluding hydrogens is 328 g/mol. The Labute approximate surface area is 155 Å². The molecule has 2 amide bonds. The van der Waals surface area contributed by atoms with Gasteiger partial charge in [0.05, 0.1) is 11.7 Å². The molecule has 2 aromatic rings. The van der Waals surface area contributed by atoms with Gasteiger partial charge in [0.25, 0.3) is 0 Å². The number of pyridine rings is 1. The van der Waals surface area contributed by atoms with Crippen LogP contribution in [0.15, 0.2) is 48.8 Å². The fourth-order valence-corrected chi connectivity index (χ4v) is 2.61. The average Bonchev–Trinajstić information content (AvgIpc) is 2.67. The van der Waals surface area contributed by atoms with Crippen LogP contribution >= 0.6 is 0 Å². The standard InChI is InChI=1S/C20H28N4O2/c1-4-24(5-2)14-15-26-19-9-7-6-8-18(19)23-20(25)22-16(3)17-10-12-21-13-11-17/h6-13,16H,4-5,14-15H2,1-3H3,(H2,22,23,25). The molecule has 0 fully saturated rings. The summed E-state index contributed by atoms with van der Waals surface area (Å²) in [7, 11) is 0. The lowest BCUT2D eigenvalue weighted by Crippen LogP contribution is -2.31. The normalized spacial score (nSPS) is 11.8. The van der Waals surface area contributed by atoms with Crippen molar-refractivity contribution in [3.63, 3.8) is 0 Å². The summed E-state index contributed by atoms with van der Waals surface area (Å²) in [4.78, 5) is 18.6. The lowest BCUT2D eigenvalue weighted by atomic mass is 10.1. The highest BCUT2D eigenvalue weighted by molar-refractivity contribution is 5.91. The molecule has 6 nitrogen and oxygen atoms in total. The van der Waals surface area contributed by atoms with Gasteiger partial charge in [-0.05, 0) is 49.8 Å². The zero-order valence-electron chi connectivity index (χ0n) is 15.7. The lowest BCUT2D eigenvalue weighted by Gasteiger charge is -2.19. The summed E-state index contributed by atoms with van der Waals surface area (Å²) in [6.45, 7) is 9.62. The molecular formula is C20H28N4O2. The van der Waals surface area contributed by atoms with Crippen LogP contribution in [-0.2, 0) is 0 Å². The van der Waals surface area contributed by atoms with Gasteiger partial charge in [-0.1, -0.05) is 26.0 Å². The smallest absolute Gasteiger partial charge is 0.319 e. The second-order valence-corrected chi connectivity index (χ2v) is 5.97. The maximum absolute atomic E-state index is 12.3. The summed E-state index contributed by atoms with van der Waals surface area (Å²) in [5.74, 6) is 0.673. The SMILES string of the molecule is CCN(CC)CCOc1ccccc1NC(=O)NC(C)c1ccncc1. The van der Waals surface area contributed by atoms with Gasteiger partial charge in [-0.2, -0.15) is 0 Å². The largest absolute Gasteiger partial charge is 0.490 e. The summed E-state index contributed by atoms with van der Waals surface area (Å²) >= 11 is 0. The van der Waals surface area contributed by atoms with Gasteiger partial charge in [-0.15, -0.1) is 0 Å². The number of nitrogens with zero attached hydrogens (tertiary/aromatic N) is 2. The van der Waals surface area contributed by atoms with E-state index in [4.69, 9.17) is 4.74 Å². The van der Waals surface area contributed by atoms with Crippen LogP contribution < -0.4 is 15.4 Å². The number of anilines is 1. The maximum Gasteiger partial charge on any atom is 0.319 e. The van der Waals surface area contributed by atoms with Crippen LogP contribution in [0, 0.1) is 0 Å². The fraction of sp³-hybridized carbons (Fsp3) is 0.400. The Morgan fingerprint density at radius 2 is 1.85 bits per heavy atom. The molecule has 6 heteroatoms. The summed E-state index contributed by atoms with van der Waals surface area (Å²) in [6, 6.07) is 10.9. The highest BCUT2D eigenvalue weighted by atomic mass is 16.5. The van der Waals surface area contributed by atoms with Crippen LogP contribution in [0.2, 0.25) is 0 Å². The van der Waals surface area contributed by atoms with E-state index in [0.717, 1.165) is 25.2 Å². The molecule has 2 rings (SSSR count). The summed E-state index contributed by atoms with van der Waals surface area (Å²) in [5.41, 5.74) is 1.66. The van der Waals surface area contributed by atoms with Crippen molar-refractivity contribution in [1.29, 1.82) is 0 Å². The van der Waals surface area contributed by atoms with E-state index in [1.54, 1.807) is 12.4 Å². The molecule has 1 atom stereocenters. The number of carbonyl (C=O) groups is 1. The number of ether oxygens (including phenoxy) is 1. The topological polar surface area (TPSA) is 66.5 Å². The van der Waals surface area contributed by atoms with Crippen molar-refractivity contribution < 1.29 is 9.53 Å². The molecule has 0 spiro atoms. The molecule has 0 aliphatic rings. The van der Waals surface area contributed by atoms with Crippen LogP contribution in [0.1, 0.15) is 32.4 Å². The quantitative estimate of drug-likeness (QED) is 0.719. The van der Waals surface area contributed by atoms with Crippen LogP contribution in [0.4, 0.5) is 10.5 Å². The zero-order valence-corrected chi connectivity index (χ0v) is 15.7. The number of para-hydroxylation sites is 2. The van der Waals surface area contributed by atoms with E-state index >= 15 is 0 Å². The fourth-order valence-electron chi connectivity index (χ4n) is 2.61. The van der Waals surface area contributed by atoms with Crippen molar-refractivity contribution >= 4 is 11.7 Å². The van der Waals surface area contributed by atoms with Gasteiger partial charge in [0.2, 0.25) is 0 Å². The Bertz CT molecular complexity index is 675. The number of hydrogen-bond donors (Lipinski definition) is 2. The van der Waals surface area contributed by atoms with Gasteiger partial charge in [-0.25, -0.2) is 4.79 Å². The summed E-state index contributed by atoms with van der Waals surface area (Å²) in [6.07, 6.45) is 3.43. The van der Waals surface area contributed by atoms with Gasteiger partial charge in [0, 0.05) is 18.9 Å². The first-order valence-electron chi connectivity index (χ1n) is 9.05. The predicted molar refractivity (Wildman–Crippen MR) is 105 cm³/mol. The van der Waals surface area contributed by atoms with Gasteiger partial charge in [-0.3, -0.25) is 4.98 Å². The van der Waals surface area contributed by atoms with Gasteiger partial charge in [0.15, 0.2) is 0 Å². The minimum Gasteiger partial charge on any atom is -0.490 e. The molecule has 26 heavy (non-hydrogen) atoms. The highest BCUT2D eigenvalue weighted by Crippen LogP contribution is 2.24. The highest BCUT2D eigenvalue weighted by Gasteiger charge is 2.12. The number of carbonyl (C=O) groups excluding carboxylic acids is 1. The van der Waals surface area contributed by atoms with E-state index in [1.165, 1.54) is 0 Å². The first-order chi connectivity index (χ1) is 12.6. The van der Waals surface area contributed by atoms with E-state index in [9.17, 15) is 4.79 Å². The van der Waals surface area contributed by atoms with Crippen molar-refractivity contribution in [3.8, 4) is 5.75 Å². The van der Waals surface area contributed by atoms with E-state index in [1.807, 2.05) is 43.3 Å². The third kappa shape index (κ3) is 6.04. The second-order valence-electron chi connectivity index (χ2n) is 5.97. The van der Waals surface area contributed by atoms with Crippen molar-refractivity contribution in [3.05, 3.63) is 54.4 Å². The lowest BCUT2D eigenvalue weighted by molar-refractivity contribution is 0.223. The predicted octanol–water partition coefficient (Wildman–Crippen LogP) is 3.68. The van der Waals surface area contributed by atoms with Crippen LogP contribution in [-0.4, -0.2) is 42.2 Å². The van der Waals surface area contributed by atoms with Gasteiger partial charge >= 0.3 is 6.03 Å². The van der Waals surface area contributed by atoms with E-state index < -0.39 is 0 Å². The molecule has 0 aliphatic heterocycles. The molecule has 0 saturated heterocycles. The molecule has 1 heterocycles. The second kappa shape index (κ2) is 10.4. The number of hydrogen-bond acceptors (Lipinski definition) is 4. The molecule has 0 radical (unpaired) electrons. The van der Waals surface area contributed by atoms with Crippen molar-refractivity contribution in [1.82, 2.24) is 15.2 Å². The Morgan fingerprint density at radius 3 is 2.54 bits per heavy atom. The molecule has 0 saturated carbocycles. The average molecular weight is 356 g/mol. The molecule has 1 aromatic heterocycles. The summed E-state index contributed by atoms with van der Waals surface area (Å²) in [5, 5.41) is 5.80. The zero-order chi connectivity index (χ0) is 18.8. The van der Waals surface area contributed by atoms with Gasteiger partial charge in [0.1, 0.15) is 12.4 Å². The Kier molecular flexibility index (Phi) is 7.89. The Hall–Kier alpha value is -2.60. The Balaban J connectivity index is 1.91. The molecule has 0 bridgehead atoms. The number of likely N-dealkylation sites (N-methyl/N-ethyl adjacent to an activating group) is 1. The number of benzene rings is 1. The summed E-state index contributed by atoms with van der Waals surface area (Å²) < 4.78 is 5.87. The number of amides is 2. The van der Waals surface area contributed by atoms with Crippen LogP contribution in [0.5, 0.6) is 5.75 Å². The van der Waals surface area contributed by atoms with Crippen LogP contribution in [0.3, 0.4) is 0 Å². The molecule has 0 aliphatic carbocycles. The maximum atomic E-state index is 12.3. The Morgan fingerprint density at radius 1 is 1.15 bits per heavy atom. The first-order valence-corrected chi connectivity index (χ1v) is 9.05. The van der Waals surface area contributed by atoms with E-state index in [-0.39, 0.29) is 12.1 Å². The third-order valence-corrected chi connectivity index (χ3v) is 4.25. The molecule has 1 unspecified atom stereocenters.